The summed E-state index contributed by atoms with van der Waals surface area (Å²) < 4.78 is 38.2. The molecule has 0 spiro atoms. The van der Waals surface area contributed by atoms with Crippen molar-refractivity contribution in [1.82, 2.24) is 0 Å². The molecule has 22 heavy (non-hydrogen) atoms. The van der Waals surface area contributed by atoms with E-state index in [1.165, 1.54) is 12.1 Å². The van der Waals surface area contributed by atoms with Crippen molar-refractivity contribution in [3.05, 3.63) is 65.7 Å². The van der Waals surface area contributed by atoms with Crippen molar-refractivity contribution in [3.8, 4) is 11.5 Å². The highest BCUT2D eigenvalue weighted by Gasteiger charge is 2.15. The molecule has 0 fully saturated rings. The Kier molecular flexibility index (Phi) is 5.53. The fourth-order valence-electron chi connectivity index (χ4n) is 1.86. The molecule has 0 unspecified atom stereocenters. The first kappa shape index (κ1) is 16.0. The normalized spacial score (nSPS) is 10.3. The van der Waals surface area contributed by atoms with Crippen molar-refractivity contribution in [2.75, 3.05) is 6.61 Å². The zero-order valence-electron chi connectivity index (χ0n) is 12.4. The smallest absolute Gasteiger partial charge is 0.204 e. The van der Waals surface area contributed by atoms with Crippen LogP contribution in [0.1, 0.15) is 24.5 Å². The Morgan fingerprint density at radius 1 is 0.955 bits per heavy atom. The van der Waals surface area contributed by atoms with Crippen LogP contribution in [-0.2, 0) is 6.61 Å². The highest BCUT2D eigenvalue weighted by atomic mass is 19.2. The summed E-state index contributed by atoms with van der Waals surface area (Å²) in [5.41, 5.74) is 1.84. The van der Waals surface area contributed by atoms with Gasteiger partial charge in [-0.3, -0.25) is 0 Å². The second-order valence-corrected chi connectivity index (χ2v) is 4.77. The number of rotatable bonds is 7. The molecule has 0 N–H and O–H groups in total. The first-order chi connectivity index (χ1) is 10.7. The predicted molar refractivity (Wildman–Crippen MR) is 83.0 cm³/mol. The van der Waals surface area contributed by atoms with Gasteiger partial charge in [0.1, 0.15) is 6.61 Å². The van der Waals surface area contributed by atoms with Gasteiger partial charge in [-0.2, -0.15) is 8.78 Å². The Balaban J connectivity index is 2.06. The Hall–Kier alpha value is -2.36. The van der Waals surface area contributed by atoms with Crippen molar-refractivity contribution in [2.24, 2.45) is 0 Å². The van der Waals surface area contributed by atoms with Gasteiger partial charge in [-0.25, -0.2) is 0 Å². The van der Waals surface area contributed by atoms with E-state index in [1.807, 2.05) is 31.2 Å². The molecule has 2 nitrogen and oxygen atoms in total. The Bertz CT molecular complexity index is 636. The zero-order valence-corrected chi connectivity index (χ0v) is 12.4. The third-order valence-corrected chi connectivity index (χ3v) is 3.08. The second-order valence-electron chi connectivity index (χ2n) is 4.77. The van der Waals surface area contributed by atoms with Gasteiger partial charge in [0.25, 0.3) is 0 Å². The van der Waals surface area contributed by atoms with Gasteiger partial charge < -0.3 is 9.47 Å². The molecule has 2 rings (SSSR count). The van der Waals surface area contributed by atoms with E-state index in [2.05, 4.69) is 6.58 Å². The zero-order chi connectivity index (χ0) is 15.9. The molecule has 0 amide bonds. The summed E-state index contributed by atoms with van der Waals surface area (Å²) >= 11 is 0. The molecule has 0 bridgehead atoms. The summed E-state index contributed by atoms with van der Waals surface area (Å²) in [4.78, 5) is 0. The largest absolute Gasteiger partial charge is 0.490 e. The highest BCUT2D eigenvalue weighted by Crippen LogP contribution is 2.28. The van der Waals surface area contributed by atoms with Gasteiger partial charge in [0, 0.05) is 0 Å². The van der Waals surface area contributed by atoms with Gasteiger partial charge in [-0.1, -0.05) is 43.8 Å². The first-order valence-corrected chi connectivity index (χ1v) is 7.10. The van der Waals surface area contributed by atoms with Crippen LogP contribution in [0.4, 0.5) is 8.78 Å². The van der Waals surface area contributed by atoms with Crippen LogP contribution in [0.15, 0.2) is 43.0 Å². The molecule has 0 aliphatic heterocycles. The van der Waals surface area contributed by atoms with Crippen molar-refractivity contribution in [2.45, 2.75) is 20.0 Å². The molecule has 0 aliphatic carbocycles. The number of hydrogen-bond acceptors (Lipinski definition) is 2. The summed E-state index contributed by atoms with van der Waals surface area (Å²) in [5.74, 6) is -2.28. The standard InChI is InChI=1S/C18H18F2O2/c1-3-11-21-15-9-10-16(18(20)17(15)19)22-12-14-7-5-13(4-2)6-8-14/h4-10H,2-3,11-12H2,1H3. The predicted octanol–water partition coefficient (Wildman–Crippen LogP) is 4.98. The van der Waals surface area contributed by atoms with Crippen LogP contribution in [0.25, 0.3) is 6.08 Å². The Labute approximate surface area is 129 Å². The quantitative estimate of drug-likeness (QED) is 0.718. The highest BCUT2D eigenvalue weighted by molar-refractivity contribution is 5.47. The minimum absolute atomic E-state index is 0.0953. The molecule has 0 saturated heterocycles. The minimum Gasteiger partial charge on any atom is -0.490 e. The van der Waals surface area contributed by atoms with Gasteiger partial charge >= 0.3 is 0 Å². The third-order valence-electron chi connectivity index (χ3n) is 3.08. The molecule has 0 saturated carbocycles. The van der Waals surface area contributed by atoms with E-state index >= 15 is 0 Å². The molecule has 116 valence electrons. The van der Waals surface area contributed by atoms with E-state index in [1.54, 1.807) is 6.08 Å². The summed E-state index contributed by atoms with van der Waals surface area (Å²) in [6, 6.07) is 10.2. The van der Waals surface area contributed by atoms with Gasteiger partial charge in [0.05, 0.1) is 6.61 Å². The molecule has 0 aromatic heterocycles. The summed E-state index contributed by atoms with van der Waals surface area (Å²) in [7, 11) is 0. The maximum Gasteiger partial charge on any atom is 0.204 e. The van der Waals surface area contributed by atoms with Crippen LogP contribution >= 0.6 is 0 Å². The number of halogens is 2. The number of hydrogen-bond donors (Lipinski definition) is 0. The average molecular weight is 304 g/mol. The van der Waals surface area contributed by atoms with Crippen LogP contribution in [0.3, 0.4) is 0 Å². The molecule has 4 heteroatoms. The lowest BCUT2D eigenvalue weighted by Gasteiger charge is -2.11. The van der Waals surface area contributed by atoms with Gasteiger partial charge in [-0.15, -0.1) is 0 Å². The number of benzene rings is 2. The molecule has 0 aliphatic rings. The monoisotopic (exact) mass is 304 g/mol. The van der Waals surface area contributed by atoms with Crippen molar-refractivity contribution >= 4 is 6.08 Å². The van der Waals surface area contributed by atoms with Gasteiger partial charge in [-0.05, 0) is 29.7 Å². The lowest BCUT2D eigenvalue weighted by atomic mass is 10.1. The maximum absolute atomic E-state index is 13.9. The van der Waals surface area contributed by atoms with E-state index in [0.29, 0.717) is 6.61 Å². The minimum atomic E-state index is -1.03. The Morgan fingerprint density at radius 2 is 1.55 bits per heavy atom. The fraction of sp³-hybridized carbons (Fsp3) is 0.222. The van der Waals surface area contributed by atoms with E-state index < -0.39 is 11.6 Å². The average Bonchev–Trinajstić information content (AvgIpc) is 2.56. The van der Waals surface area contributed by atoms with Crippen LogP contribution in [0.2, 0.25) is 0 Å². The second kappa shape index (κ2) is 7.59. The van der Waals surface area contributed by atoms with Crippen LogP contribution in [0, 0.1) is 11.6 Å². The molecular weight excluding hydrogens is 286 g/mol. The number of ether oxygens (including phenoxy) is 2. The van der Waals surface area contributed by atoms with E-state index in [0.717, 1.165) is 17.5 Å². The molecule has 0 heterocycles. The van der Waals surface area contributed by atoms with E-state index in [4.69, 9.17) is 9.47 Å². The SMILES string of the molecule is C=Cc1ccc(COc2ccc(OCCC)c(F)c2F)cc1. The van der Waals surface area contributed by atoms with Crippen molar-refractivity contribution in [1.29, 1.82) is 0 Å². The topological polar surface area (TPSA) is 18.5 Å². The van der Waals surface area contributed by atoms with Crippen LogP contribution < -0.4 is 9.47 Å². The van der Waals surface area contributed by atoms with Crippen LogP contribution in [-0.4, -0.2) is 6.61 Å². The lowest BCUT2D eigenvalue weighted by Crippen LogP contribution is -2.02. The first-order valence-electron chi connectivity index (χ1n) is 7.10. The summed E-state index contributed by atoms with van der Waals surface area (Å²) in [6.45, 7) is 6.06. The fourth-order valence-corrected chi connectivity index (χ4v) is 1.86. The van der Waals surface area contributed by atoms with Crippen molar-refractivity contribution in [3.63, 3.8) is 0 Å². The molecular formula is C18H18F2O2. The molecule has 0 radical (unpaired) electrons. The molecule has 0 atom stereocenters. The molecule has 2 aromatic rings. The van der Waals surface area contributed by atoms with Crippen molar-refractivity contribution < 1.29 is 18.3 Å². The van der Waals surface area contributed by atoms with E-state index in [9.17, 15) is 8.78 Å². The summed E-state index contributed by atoms with van der Waals surface area (Å²) in [6.07, 6.45) is 2.45. The Morgan fingerprint density at radius 3 is 2.09 bits per heavy atom. The van der Waals surface area contributed by atoms with Gasteiger partial charge in [0.2, 0.25) is 11.6 Å². The van der Waals surface area contributed by atoms with E-state index in [-0.39, 0.29) is 18.1 Å². The summed E-state index contributed by atoms with van der Waals surface area (Å²) in [5, 5.41) is 0. The lowest BCUT2D eigenvalue weighted by molar-refractivity contribution is 0.269. The molecule has 2 aromatic carbocycles. The third kappa shape index (κ3) is 3.85. The maximum atomic E-state index is 13.9. The van der Waals surface area contributed by atoms with Crippen LogP contribution in [0.5, 0.6) is 11.5 Å². The van der Waals surface area contributed by atoms with Gasteiger partial charge in [0.15, 0.2) is 11.5 Å².